The predicted octanol–water partition coefficient (Wildman–Crippen LogP) is 1.61. The monoisotopic (exact) mass is 267 g/mol. The molecule has 0 fully saturated rings. The van der Waals surface area contributed by atoms with E-state index in [0.717, 1.165) is 5.75 Å². The van der Waals surface area contributed by atoms with E-state index in [9.17, 15) is 4.79 Å². The van der Waals surface area contributed by atoms with Gasteiger partial charge >= 0.3 is 0 Å². The highest BCUT2D eigenvalue weighted by Gasteiger charge is 2.16. The number of nitrogens with one attached hydrogen (secondary N) is 1. The molecule has 1 aromatic carbocycles. The number of hydrogen-bond donors (Lipinski definition) is 1. The van der Waals surface area contributed by atoms with Gasteiger partial charge in [-0.2, -0.15) is 0 Å². The smallest absolute Gasteiger partial charge is 0.261 e. The summed E-state index contributed by atoms with van der Waals surface area (Å²) in [6, 6.07) is 7.06. The molecule has 5 heteroatoms. The summed E-state index contributed by atoms with van der Waals surface area (Å²) >= 11 is 0. The Morgan fingerprint density at radius 2 is 1.74 bits per heavy atom. The van der Waals surface area contributed by atoms with Crippen LogP contribution in [-0.4, -0.2) is 38.9 Å². The summed E-state index contributed by atoms with van der Waals surface area (Å²) in [5.41, 5.74) is 0. The predicted molar refractivity (Wildman–Crippen MR) is 72.6 cm³/mol. The SMILES string of the molecule is COC[C@H](C)NC(=O)[C@@H](C)Oc1ccc(OC)cc1. The molecule has 0 radical (unpaired) electrons. The summed E-state index contributed by atoms with van der Waals surface area (Å²) in [5.74, 6) is 1.21. The molecule has 0 saturated heterocycles. The largest absolute Gasteiger partial charge is 0.497 e. The lowest BCUT2D eigenvalue weighted by Crippen LogP contribution is -2.43. The van der Waals surface area contributed by atoms with Crippen LogP contribution < -0.4 is 14.8 Å². The van der Waals surface area contributed by atoms with Gasteiger partial charge in [-0.15, -0.1) is 0 Å². The van der Waals surface area contributed by atoms with E-state index in [1.54, 1.807) is 45.4 Å². The molecule has 0 aromatic heterocycles. The highest BCUT2D eigenvalue weighted by Crippen LogP contribution is 2.18. The maximum absolute atomic E-state index is 11.8. The van der Waals surface area contributed by atoms with Crippen LogP contribution in [-0.2, 0) is 9.53 Å². The number of methoxy groups -OCH3 is 2. The molecule has 2 atom stereocenters. The molecule has 0 aliphatic heterocycles. The number of carbonyl (C=O) groups excluding carboxylic acids is 1. The summed E-state index contributed by atoms with van der Waals surface area (Å²) in [5, 5.41) is 2.81. The van der Waals surface area contributed by atoms with E-state index in [0.29, 0.717) is 12.4 Å². The van der Waals surface area contributed by atoms with Crippen molar-refractivity contribution < 1.29 is 19.0 Å². The highest BCUT2D eigenvalue weighted by atomic mass is 16.5. The lowest BCUT2D eigenvalue weighted by Gasteiger charge is -2.18. The zero-order chi connectivity index (χ0) is 14.3. The van der Waals surface area contributed by atoms with Gasteiger partial charge < -0.3 is 19.5 Å². The minimum Gasteiger partial charge on any atom is -0.497 e. The van der Waals surface area contributed by atoms with E-state index in [1.165, 1.54) is 0 Å². The van der Waals surface area contributed by atoms with Crippen molar-refractivity contribution in [1.82, 2.24) is 5.32 Å². The fourth-order valence-corrected chi connectivity index (χ4v) is 1.56. The standard InChI is InChI=1S/C14H21NO4/c1-10(9-17-3)15-14(16)11(2)19-13-7-5-12(18-4)6-8-13/h5-8,10-11H,9H2,1-4H3,(H,15,16)/t10-,11+/m0/s1. The summed E-state index contributed by atoms with van der Waals surface area (Å²) in [6.07, 6.45) is -0.562. The molecule has 0 heterocycles. The first-order valence-electron chi connectivity index (χ1n) is 6.16. The first-order chi connectivity index (χ1) is 9.06. The molecule has 19 heavy (non-hydrogen) atoms. The van der Waals surface area contributed by atoms with Crippen LogP contribution in [0.5, 0.6) is 11.5 Å². The molecule has 106 valence electrons. The van der Waals surface area contributed by atoms with Gasteiger partial charge in [0.1, 0.15) is 11.5 Å². The Morgan fingerprint density at radius 1 is 1.16 bits per heavy atom. The van der Waals surface area contributed by atoms with Crippen molar-refractivity contribution in [3.8, 4) is 11.5 Å². The summed E-state index contributed by atoms with van der Waals surface area (Å²) in [6.45, 7) is 4.06. The Balaban J connectivity index is 2.48. The zero-order valence-corrected chi connectivity index (χ0v) is 11.8. The first-order valence-corrected chi connectivity index (χ1v) is 6.16. The summed E-state index contributed by atoms with van der Waals surface area (Å²) in [4.78, 5) is 11.8. The first kappa shape index (κ1) is 15.3. The van der Waals surface area contributed by atoms with Crippen molar-refractivity contribution in [3.63, 3.8) is 0 Å². The minimum absolute atomic E-state index is 0.0422. The minimum atomic E-state index is -0.562. The third-order valence-electron chi connectivity index (χ3n) is 2.55. The summed E-state index contributed by atoms with van der Waals surface area (Å²) in [7, 11) is 3.20. The lowest BCUT2D eigenvalue weighted by molar-refractivity contribution is -0.128. The third-order valence-corrected chi connectivity index (χ3v) is 2.55. The molecule has 0 aliphatic carbocycles. The van der Waals surface area contributed by atoms with Crippen molar-refractivity contribution in [2.75, 3.05) is 20.8 Å². The van der Waals surface area contributed by atoms with Crippen LogP contribution in [0.15, 0.2) is 24.3 Å². The van der Waals surface area contributed by atoms with Crippen LogP contribution in [0, 0.1) is 0 Å². The van der Waals surface area contributed by atoms with E-state index in [4.69, 9.17) is 14.2 Å². The molecule has 1 amide bonds. The topological polar surface area (TPSA) is 56.8 Å². The van der Waals surface area contributed by atoms with Crippen LogP contribution in [0.25, 0.3) is 0 Å². The Hall–Kier alpha value is -1.75. The van der Waals surface area contributed by atoms with Crippen molar-refractivity contribution in [1.29, 1.82) is 0 Å². The van der Waals surface area contributed by atoms with Crippen molar-refractivity contribution in [3.05, 3.63) is 24.3 Å². The third kappa shape index (κ3) is 5.18. The Kier molecular flexibility index (Phi) is 6.15. The van der Waals surface area contributed by atoms with Crippen LogP contribution in [0.3, 0.4) is 0 Å². The Morgan fingerprint density at radius 3 is 2.26 bits per heavy atom. The van der Waals surface area contributed by atoms with Gasteiger partial charge in [0, 0.05) is 13.2 Å². The maximum atomic E-state index is 11.8. The van der Waals surface area contributed by atoms with E-state index in [1.807, 2.05) is 6.92 Å². The Labute approximate surface area is 113 Å². The fourth-order valence-electron chi connectivity index (χ4n) is 1.56. The molecule has 1 N–H and O–H groups in total. The van der Waals surface area contributed by atoms with Gasteiger partial charge in [0.2, 0.25) is 0 Å². The normalized spacial score (nSPS) is 13.5. The van der Waals surface area contributed by atoms with Gasteiger partial charge in [-0.25, -0.2) is 0 Å². The second-order valence-corrected chi connectivity index (χ2v) is 4.30. The number of ether oxygens (including phenoxy) is 3. The van der Waals surface area contributed by atoms with Crippen LogP contribution in [0.1, 0.15) is 13.8 Å². The number of carbonyl (C=O) groups is 1. The van der Waals surface area contributed by atoms with Crippen molar-refractivity contribution in [2.24, 2.45) is 0 Å². The molecule has 0 bridgehead atoms. The van der Waals surface area contributed by atoms with Gasteiger partial charge in [0.05, 0.1) is 13.7 Å². The molecule has 1 aromatic rings. The molecule has 5 nitrogen and oxygen atoms in total. The average Bonchev–Trinajstić information content (AvgIpc) is 2.39. The summed E-state index contributed by atoms with van der Waals surface area (Å²) < 4.78 is 15.6. The fraction of sp³-hybridized carbons (Fsp3) is 0.500. The molecule has 0 unspecified atom stereocenters. The average molecular weight is 267 g/mol. The van der Waals surface area contributed by atoms with E-state index in [2.05, 4.69) is 5.32 Å². The number of amides is 1. The van der Waals surface area contributed by atoms with E-state index >= 15 is 0 Å². The van der Waals surface area contributed by atoms with E-state index < -0.39 is 6.10 Å². The molecule has 1 rings (SSSR count). The van der Waals surface area contributed by atoms with Crippen LogP contribution >= 0.6 is 0 Å². The molecular formula is C14H21NO4. The van der Waals surface area contributed by atoms with Gasteiger partial charge in [-0.3, -0.25) is 4.79 Å². The second-order valence-electron chi connectivity index (χ2n) is 4.30. The van der Waals surface area contributed by atoms with Crippen molar-refractivity contribution in [2.45, 2.75) is 26.0 Å². The van der Waals surface area contributed by atoms with Gasteiger partial charge in [-0.05, 0) is 38.1 Å². The number of benzene rings is 1. The Bertz CT molecular complexity index is 391. The number of rotatable bonds is 7. The van der Waals surface area contributed by atoms with Crippen LogP contribution in [0.2, 0.25) is 0 Å². The van der Waals surface area contributed by atoms with Gasteiger partial charge in [0.15, 0.2) is 6.10 Å². The zero-order valence-electron chi connectivity index (χ0n) is 11.8. The quantitative estimate of drug-likeness (QED) is 0.815. The van der Waals surface area contributed by atoms with Crippen LogP contribution in [0.4, 0.5) is 0 Å². The number of hydrogen-bond acceptors (Lipinski definition) is 4. The maximum Gasteiger partial charge on any atom is 0.261 e. The highest BCUT2D eigenvalue weighted by molar-refractivity contribution is 5.80. The van der Waals surface area contributed by atoms with Gasteiger partial charge in [0.25, 0.3) is 5.91 Å². The molecule has 0 spiro atoms. The molecular weight excluding hydrogens is 246 g/mol. The van der Waals surface area contributed by atoms with E-state index in [-0.39, 0.29) is 11.9 Å². The molecule has 0 aliphatic rings. The van der Waals surface area contributed by atoms with Crippen molar-refractivity contribution >= 4 is 5.91 Å². The lowest BCUT2D eigenvalue weighted by atomic mass is 10.3. The van der Waals surface area contributed by atoms with Gasteiger partial charge in [-0.1, -0.05) is 0 Å². The second kappa shape index (κ2) is 7.63. The molecule has 0 saturated carbocycles.